The Morgan fingerprint density at radius 2 is 1.96 bits per heavy atom. The summed E-state index contributed by atoms with van der Waals surface area (Å²) >= 11 is 0. The van der Waals surface area contributed by atoms with Crippen molar-refractivity contribution in [2.45, 2.75) is 26.8 Å². The first kappa shape index (κ1) is 15.5. The summed E-state index contributed by atoms with van der Waals surface area (Å²) in [5, 5.41) is 0.397. The van der Waals surface area contributed by atoms with Crippen LogP contribution in [-0.2, 0) is 13.0 Å². The molecule has 0 bridgehead atoms. The molecule has 4 rings (SSSR count). The van der Waals surface area contributed by atoms with E-state index in [4.69, 9.17) is 0 Å². The number of rotatable bonds is 3. The van der Waals surface area contributed by atoms with Gasteiger partial charge in [-0.15, -0.1) is 0 Å². The summed E-state index contributed by atoms with van der Waals surface area (Å²) in [4.78, 5) is 24.3. The normalized spacial score (nSPS) is 11.5. The molecular weight excluding hydrogens is 319 g/mol. The number of hydrogen-bond acceptors (Lipinski definition) is 3. The van der Waals surface area contributed by atoms with Crippen molar-refractivity contribution in [3.8, 4) is 0 Å². The third-order valence-electron chi connectivity index (χ3n) is 4.39. The number of imidazole rings is 1. The van der Waals surface area contributed by atoms with E-state index < -0.39 is 0 Å². The fourth-order valence-corrected chi connectivity index (χ4v) is 3.11. The van der Waals surface area contributed by atoms with Crippen LogP contribution in [0.3, 0.4) is 0 Å². The van der Waals surface area contributed by atoms with Crippen molar-refractivity contribution in [3.05, 3.63) is 69.8 Å². The third kappa shape index (κ3) is 2.59. The van der Waals surface area contributed by atoms with Crippen molar-refractivity contribution in [1.29, 1.82) is 0 Å². The number of halogens is 1. The van der Waals surface area contributed by atoms with Gasteiger partial charge in [0.2, 0.25) is 0 Å². The zero-order valence-electron chi connectivity index (χ0n) is 14.0. The monoisotopic (exact) mass is 336 g/mol. The number of nitrogens with one attached hydrogen (secondary N) is 1. The zero-order chi connectivity index (χ0) is 17.6. The summed E-state index contributed by atoms with van der Waals surface area (Å²) in [5.74, 6) is 1.04. The van der Waals surface area contributed by atoms with E-state index in [1.807, 2.05) is 35.8 Å². The first-order chi connectivity index (χ1) is 12.1. The summed E-state index contributed by atoms with van der Waals surface area (Å²) in [7, 11) is 0. The SMILES string of the molecule is CCc1nc2ccccc2n1Cc1nc2cc(F)c(C)cc2c(=O)[nH]1. The van der Waals surface area contributed by atoms with Crippen molar-refractivity contribution < 1.29 is 4.39 Å². The fourth-order valence-electron chi connectivity index (χ4n) is 3.11. The highest BCUT2D eigenvalue weighted by atomic mass is 19.1. The molecule has 1 N–H and O–H groups in total. The van der Waals surface area contributed by atoms with E-state index in [1.165, 1.54) is 12.1 Å². The van der Waals surface area contributed by atoms with Gasteiger partial charge >= 0.3 is 0 Å². The molecular formula is C19H17FN4O. The van der Waals surface area contributed by atoms with Crippen LogP contribution in [0.15, 0.2) is 41.2 Å². The van der Waals surface area contributed by atoms with Crippen LogP contribution in [-0.4, -0.2) is 19.5 Å². The number of para-hydroxylation sites is 2. The van der Waals surface area contributed by atoms with E-state index in [1.54, 1.807) is 6.92 Å². The number of aromatic nitrogens is 4. The Hall–Kier alpha value is -3.02. The van der Waals surface area contributed by atoms with Gasteiger partial charge in [0.15, 0.2) is 0 Å². The Labute approximate surface area is 143 Å². The first-order valence-corrected chi connectivity index (χ1v) is 8.20. The summed E-state index contributed by atoms with van der Waals surface area (Å²) in [6, 6.07) is 10.7. The Balaban J connectivity index is 1.86. The van der Waals surface area contributed by atoms with Gasteiger partial charge in [-0.05, 0) is 30.7 Å². The van der Waals surface area contributed by atoms with Gasteiger partial charge in [-0.3, -0.25) is 4.79 Å². The molecule has 0 aliphatic rings. The average molecular weight is 336 g/mol. The largest absolute Gasteiger partial charge is 0.320 e. The Morgan fingerprint density at radius 3 is 2.76 bits per heavy atom. The molecule has 0 aliphatic carbocycles. The predicted octanol–water partition coefficient (Wildman–Crippen LogP) is 3.33. The van der Waals surface area contributed by atoms with Gasteiger partial charge in [0, 0.05) is 12.5 Å². The van der Waals surface area contributed by atoms with Gasteiger partial charge in [0.05, 0.1) is 28.5 Å². The number of fused-ring (bicyclic) bond motifs is 2. The molecule has 126 valence electrons. The van der Waals surface area contributed by atoms with E-state index in [2.05, 4.69) is 15.0 Å². The van der Waals surface area contributed by atoms with E-state index in [9.17, 15) is 9.18 Å². The number of aryl methyl sites for hydroxylation is 2. The topological polar surface area (TPSA) is 63.6 Å². The van der Waals surface area contributed by atoms with Gasteiger partial charge in [-0.25, -0.2) is 14.4 Å². The number of nitrogens with zero attached hydrogens (tertiary/aromatic N) is 3. The van der Waals surface area contributed by atoms with Crippen LogP contribution >= 0.6 is 0 Å². The highest BCUT2D eigenvalue weighted by molar-refractivity contribution is 5.78. The molecule has 0 aliphatic heterocycles. The molecule has 0 spiro atoms. The minimum Gasteiger partial charge on any atom is -0.320 e. The molecule has 6 heteroatoms. The van der Waals surface area contributed by atoms with Gasteiger partial charge in [0.1, 0.15) is 17.5 Å². The maximum absolute atomic E-state index is 13.8. The quantitative estimate of drug-likeness (QED) is 0.624. The molecule has 0 atom stereocenters. The maximum Gasteiger partial charge on any atom is 0.258 e. The highest BCUT2D eigenvalue weighted by Crippen LogP contribution is 2.18. The Bertz CT molecular complexity index is 1160. The van der Waals surface area contributed by atoms with Crippen molar-refractivity contribution in [3.63, 3.8) is 0 Å². The lowest BCUT2D eigenvalue weighted by Gasteiger charge is -2.09. The lowest BCUT2D eigenvalue weighted by Crippen LogP contribution is -2.16. The lowest BCUT2D eigenvalue weighted by atomic mass is 10.1. The van der Waals surface area contributed by atoms with Crippen molar-refractivity contribution in [2.75, 3.05) is 0 Å². The van der Waals surface area contributed by atoms with E-state index >= 15 is 0 Å². The van der Waals surface area contributed by atoms with Gasteiger partial charge in [0.25, 0.3) is 5.56 Å². The predicted molar refractivity (Wildman–Crippen MR) is 95.3 cm³/mol. The standard InChI is InChI=1S/C19H17FN4O/c1-3-18-22-14-6-4-5-7-16(14)24(18)10-17-21-15-9-13(20)11(2)8-12(15)19(25)23-17/h4-9H,3,10H2,1-2H3,(H,21,23,25). The summed E-state index contributed by atoms with van der Waals surface area (Å²) in [6.07, 6.45) is 0.764. The molecule has 2 aromatic carbocycles. The molecule has 4 aromatic rings. The minimum atomic E-state index is -0.362. The van der Waals surface area contributed by atoms with E-state index in [0.717, 1.165) is 23.3 Å². The molecule has 0 saturated carbocycles. The fraction of sp³-hybridized carbons (Fsp3) is 0.211. The van der Waals surface area contributed by atoms with Gasteiger partial charge in [-0.2, -0.15) is 0 Å². The molecule has 0 amide bonds. The average Bonchev–Trinajstić information content (AvgIpc) is 2.95. The maximum atomic E-state index is 13.8. The molecule has 0 radical (unpaired) electrons. The summed E-state index contributed by atoms with van der Waals surface area (Å²) in [6.45, 7) is 4.05. The highest BCUT2D eigenvalue weighted by Gasteiger charge is 2.12. The number of aromatic amines is 1. The summed E-state index contributed by atoms with van der Waals surface area (Å²) < 4.78 is 15.9. The van der Waals surface area contributed by atoms with Crippen LogP contribution in [0.4, 0.5) is 4.39 Å². The molecule has 2 heterocycles. The summed E-state index contributed by atoms with van der Waals surface area (Å²) in [5.41, 5.74) is 2.43. The van der Waals surface area contributed by atoms with Crippen LogP contribution < -0.4 is 5.56 Å². The minimum absolute atomic E-state index is 0.259. The third-order valence-corrected chi connectivity index (χ3v) is 4.39. The van der Waals surface area contributed by atoms with Crippen molar-refractivity contribution in [2.24, 2.45) is 0 Å². The van der Waals surface area contributed by atoms with Crippen LogP contribution in [0.1, 0.15) is 24.1 Å². The Kier molecular flexibility index (Phi) is 3.60. The number of H-pyrrole nitrogens is 1. The van der Waals surface area contributed by atoms with E-state index in [0.29, 0.717) is 28.8 Å². The van der Waals surface area contributed by atoms with Gasteiger partial charge in [-0.1, -0.05) is 19.1 Å². The smallest absolute Gasteiger partial charge is 0.258 e. The second-order valence-electron chi connectivity index (χ2n) is 6.09. The second kappa shape index (κ2) is 5.81. The molecule has 5 nitrogen and oxygen atoms in total. The van der Waals surface area contributed by atoms with E-state index in [-0.39, 0.29) is 11.4 Å². The first-order valence-electron chi connectivity index (χ1n) is 8.20. The van der Waals surface area contributed by atoms with Crippen molar-refractivity contribution in [1.82, 2.24) is 19.5 Å². The van der Waals surface area contributed by atoms with Crippen LogP contribution in [0.5, 0.6) is 0 Å². The zero-order valence-corrected chi connectivity index (χ0v) is 14.0. The number of hydrogen-bond donors (Lipinski definition) is 1. The Morgan fingerprint density at radius 1 is 1.16 bits per heavy atom. The molecule has 25 heavy (non-hydrogen) atoms. The number of benzene rings is 2. The van der Waals surface area contributed by atoms with Crippen molar-refractivity contribution >= 4 is 21.9 Å². The molecule has 0 fully saturated rings. The molecule has 0 saturated heterocycles. The lowest BCUT2D eigenvalue weighted by molar-refractivity contribution is 0.619. The second-order valence-corrected chi connectivity index (χ2v) is 6.09. The van der Waals surface area contributed by atoms with Gasteiger partial charge < -0.3 is 9.55 Å². The van der Waals surface area contributed by atoms with Crippen LogP contribution in [0.2, 0.25) is 0 Å². The molecule has 2 aromatic heterocycles. The molecule has 0 unspecified atom stereocenters. The van der Waals surface area contributed by atoms with Crippen LogP contribution in [0, 0.1) is 12.7 Å². The van der Waals surface area contributed by atoms with Crippen LogP contribution in [0.25, 0.3) is 21.9 Å².